The normalized spacial score (nSPS) is 12.3. The number of benzene rings is 1. The van der Waals surface area contributed by atoms with E-state index in [1.165, 1.54) is 5.56 Å². The van der Waals surface area contributed by atoms with Gasteiger partial charge in [0.25, 0.3) is 0 Å². The Kier molecular flexibility index (Phi) is 6.63. The number of hydrogen-bond donors (Lipinski definition) is 1. The summed E-state index contributed by atoms with van der Waals surface area (Å²) in [5, 5.41) is 9.78. The van der Waals surface area contributed by atoms with Gasteiger partial charge >= 0.3 is 0 Å². The highest BCUT2D eigenvalue weighted by Gasteiger charge is 2.18. The third kappa shape index (κ3) is 5.18. The second-order valence-electron chi connectivity index (χ2n) is 6.76. The van der Waals surface area contributed by atoms with Crippen molar-refractivity contribution in [2.75, 3.05) is 6.61 Å². The van der Waals surface area contributed by atoms with Gasteiger partial charge < -0.3 is 5.11 Å². The lowest BCUT2D eigenvalue weighted by molar-refractivity contribution is 0.105. The fraction of sp³-hybridized carbons (Fsp3) is 0.318. The molecule has 2 heterocycles. The molecule has 5 nitrogen and oxygen atoms in total. The predicted octanol–water partition coefficient (Wildman–Crippen LogP) is 3.62. The number of aliphatic hydroxyl groups excluding tert-OH is 1. The molecule has 1 N–H and O–H groups in total. The van der Waals surface area contributed by atoms with Crippen LogP contribution in [0.3, 0.4) is 0 Å². The number of nitrogens with zero attached hydrogens (tertiary/aromatic N) is 4. The topological polar surface area (TPSA) is 62.1 Å². The maximum Gasteiger partial charge on any atom is 0.159 e. The minimum atomic E-state index is 0.0726. The molecule has 2 aromatic heterocycles. The van der Waals surface area contributed by atoms with Gasteiger partial charge in [0.05, 0.1) is 12.3 Å². The fourth-order valence-electron chi connectivity index (χ4n) is 3.12. The molecule has 1 aromatic carbocycles. The second kappa shape index (κ2) is 9.35. The molecular formula is C22H26N4O. The van der Waals surface area contributed by atoms with Gasteiger partial charge in [-0.05, 0) is 31.5 Å². The molecule has 0 fully saturated rings. The van der Waals surface area contributed by atoms with E-state index in [0.717, 1.165) is 29.1 Å². The molecule has 1 atom stereocenters. The summed E-state index contributed by atoms with van der Waals surface area (Å²) in [6.45, 7) is 5.62. The molecule has 3 rings (SSSR count). The molecule has 3 aromatic rings. The summed E-state index contributed by atoms with van der Waals surface area (Å²) in [6.07, 6.45) is 6.42. The van der Waals surface area contributed by atoms with Crippen molar-refractivity contribution in [3.05, 3.63) is 77.9 Å². The van der Waals surface area contributed by atoms with Gasteiger partial charge in [0.1, 0.15) is 0 Å². The van der Waals surface area contributed by atoms with E-state index in [2.05, 4.69) is 45.8 Å². The minimum Gasteiger partial charge on any atom is -0.395 e. The van der Waals surface area contributed by atoms with Crippen molar-refractivity contribution in [2.24, 2.45) is 0 Å². The second-order valence-corrected chi connectivity index (χ2v) is 6.76. The van der Waals surface area contributed by atoms with Crippen LogP contribution in [0.15, 0.2) is 61.1 Å². The van der Waals surface area contributed by atoms with Gasteiger partial charge in [-0.3, -0.25) is 9.88 Å². The molecular weight excluding hydrogens is 336 g/mol. The Morgan fingerprint density at radius 2 is 1.81 bits per heavy atom. The Bertz CT molecular complexity index is 832. The third-order valence-corrected chi connectivity index (χ3v) is 4.66. The number of aromatic nitrogens is 3. The summed E-state index contributed by atoms with van der Waals surface area (Å²) in [5.74, 6) is 0.730. The van der Waals surface area contributed by atoms with E-state index in [9.17, 15) is 5.11 Å². The van der Waals surface area contributed by atoms with Gasteiger partial charge in [-0.15, -0.1) is 0 Å². The van der Waals surface area contributed by atoms with Crippen molar-refractivity contribution in [3.8, 4) is 11.4 Å². The van der Waals surface area contributed by atoms with Gasteiger partial charge in [-0.2, -0.15) is 0 Å². The van der Waals surface area contributed by atoms with E-state index >= 15 is 0 Å². The Labute approximate surface area is 160 Å². The first-order valence-electron chi connectivity index (χ1n) is 9.32. The first kappa shape index (κ1) is 19.1. The van der Waals surface area contributed by atoms with Crippen LogP contribution in [-0.2, 0) is 13.1 Å². The zero-order valence-electron chi connectivity index (χ0n) is 15.9. The molecule has 1 unspecified atom stereocenters. The molecule has 0 radical (unpaired) electrons. The molecule has 0 saturated carbocycles. The fourth-order valence-corrected chi connectivity index (χ4v) is 3.12. The van der Waals surface area contributed by atoms with Gasteiger partial charge in [0.2, 0.25) is 0 Å². The van der Waals surface area contributed by atoms with Crippen molar-refractivity contribution >= 4 is 0 Å². The largest absolute Gasteiger partial charge is 0.395 e. The Morgan fingerprint density at radius 1 is 1.00 bits per heavy atom. The summed E-state index contributed by atoms with van der Waals surface area (Å²) in [7, 11) is 0. The van der Waals surface area contributed by atoms with Crippen molar-refractivity contribution in [1.82, 2.24) is 19.9 Å². The average Bonchev–Trinajstić information content (AvgIpc) is 2.70. The van der Waals surface area contributed by atoms with Crippen LogP contribution in [0.25, 0.3) is 11.4 Å². The number of aliphatic hydroxyl groups is 1. The summed E-state index contributed by atoms with van der Waals surface area (Å²) < 4.78 is 0. The van der Waals surface area contributed by atoms with E-state index in [1.807, 2.05) is 42.7 Å². The van der Waals surface area contributed by atoms with Gasteiger partial charge in [-0.1, -0.05) is 36.8 Å². The molecule has 0 amide bonds. The van der Waals surface area contributed by atoms with Crippen LogP contribution in [0.2, 0.25) is 0 Å². The van der Waals surface area contributed by atoms with Crippen molar-refractivity contribution in [3.63, 3.8) is 0 Å². The number of hydrogen-bond acceptors (Lipinski definition) is 5. The van der Waals surface area contributed by atoms with E-state index in [-0.39, 0.29) is 12.6 Å². The van der Waals surface area contributed by atoms with E-state index in [4.69, 9.17) is 0 Å². The Hall–Kier alpha value is -2.63. The maximum absolute atomic E-state index is 9.78. The quantitative estimate of drug-likeness (QED) is 0.663. The molecule has 27 heavy (non-hydrogen) atoms. The first-order valence-corrected chi connectivity index (χ1v) is 9.32. The predicted molar refractivity (Wildman–Crippen MR) is 107 cm³/mol. The maximum atomic E-state index is 9.78. The molecule has 5 heteroatoms. The highest BCUT2D eigenvalue weighted by molar-refractivity contribution is 5.55. The van der Waals surface area contributed by atoms with Gasteiger partial charge in [0, 0.05) is 48.8 Å². The van der Waals surface area contributed by atoms with Crippen LogP contribution in [0, 0.1) is 6.92 Å². The lowest BCUT2D eigenvalue weighted by Crippen LogP contribution is -2.36. The highest BCUT2D eigenvalue weighted by atomic mass is 16.3. The molecule has 0 spiro atoms. The smallest absolute Gasteiger partial charge is 0.159 e. The average molecular weight is 362 g/mol. The highest BCUT2D eigenvalue weighted by Crippen LogP contribution is 2.18. The molecule has 0 aliphatic carbocycles. The van der Waals surface area contributed by atoms with Crippen LogP contribution in [0.4, 0.5) is 0 Å². The number of pyridine rings is 1. The van der Waals surface area contributed by atoms with Crippen LogP contribution < -0.4 is 0 Å². The van der Waals surface area contributed by atoms with Gasteiger partial charge in [-0.25, -0.2) is 9.97 Å². The summed E-state index contributed by atoms with van der Waals surface area (Å²) in [6, 6.07) is 14.2. The molecule has 0 saturated heterocycles. The zero-order valence-corrected chi connectivity index (χ0v) is 15.9. The Morgan fingerprint density at radius 3 is 2.44 bits per heavy atom. The summed E-state index contributed by atoms with van der Waals surface area (Å²) in [4.78, 5) is 15.7. The van der Waals surface area contributed by atoms with E-state index < -0.39 is 0 Å². The minimum absolute atomic E-state index is 0.0726. The SMILES string of the molecule is CCC(CO)N(Cc1cnc(-c2cccc(C)c2)nc1)Cc1ccccn1. The van der Waals surface area contributed by atoms with Crippen LogP contribution in [0.1, 0.15) is 30.2 Å². The summed E-state index contributed by atoms with van der Waals surface area (Å²) in [5.41, 5.74) is 4.22. The number of aryl methyl sites for hydroxylation is 1. The zero-order chi connectivity index (χ0) is 19.1. The van der Waals surface area contributed by atoms with Gasteiger partial charge in [0.15, 0.2) is 5.82 Å². The van der Waals surface area contributed by atoms with Crippen molar-refractivity contribution in [1.29, 1.82) is 0 Å². The monoisotopic (exact) mass is 362 g/mol. The lowest BCUT2D eigenvalue weighted by atomic mass is 10.1. The van der Waals surface area contributed by atoms with Crippen LogP contribution in [-0.4, -0.2) is 37.6 Å². The Balaban J connectivity index is 1.76. The molecule has 0 aliphatic heterocycles. The summed E-state index contributed by atoms with van der Waals surface area (Å²) >= 11 is 0. The molecule has 0 bridgehead atoms. The van der Waals surface area contributed by atoms with Crippen LogP contribution >= 0.6 is 0 Å². The van der Waals surface area contributed by atoms with Crippen LogP contribution in [0.5, 0.6) is 0 Å². The third-order valence-electron chi connectivity index (χ3n) is 4.66. The lowest BCUT2D eigenvalue weighted by Gasteiger charge is -2.29. The first-order chi connectivity index (χ1) is 13.2. The molecule has 140 valence electrons. The standard InChI is InChI=1S/C22H26N4O/c1-3-21(16-27)26(15-20-9-4-5-10-23-20)14-18-12-24-22(25-13-18)19-8-6-7-17(2)11-19/h4-13,21,27H,3,14-16H2,1-2H3. The van der Waals surface area contributed by atoms with E-state index in [0.29, 0.717) is 13.1 Å². The van der Waals surface area contributed by atoms with Crippen molar-refractivity contribution in [2.45, 2.75) is 39.4 Å². The van der Waals surface area contributed by atoms with E-state index in [1.54, 1.807) is 6.20 Å². The molecule has 0 aliphatic rings. The number of rotatable bonds is 8. The van der Waals surface area contributed by atoms with Crippen molar-refractivity contribution < 1.29 is 5.11 Å².